The zero-order valence-electron chi connectivity index (χ0n) is 24.3. The van der Waals surface area contributed by atoms with Crippen molar-refractivity contribution in [2.75, 3.05) is 7.11 Å². The molecule has 198 valence electrons. The molecule has 0 spiro atoms. The molecule has 0 N–H and O–H groups in total. The van der Waals surface area contributed by atoms with Crippen molar-refractivity contribution < 1.29 is 18.0 Å². The summed E-state index contributed by atoms with van der Waals surface area (Å²) in [6.07, 6.45) is 7.81. The first kappa shape index (κ1) is 27.3. The monoisotopic (exact) mass is 534 g/mol. The van der Waals surface area contributed by atoms with Crippen LogP contribution >= 0.6 is 0 Å². The van der Waals surface area contributed by atoms with Gasteiger partial charge in [-0.15, -0.1) is 0 Å². The van der Waals surface area contributed by atoms with Crippen molar-refractivity contribution in [3.05, 3.63) is 17.2 Å². The lowest BCUT2D eigenvalue weighted by atomic mass is 9.55. The summed E-state index contributed by atoms with van der Waals surface area (Å²) in [6.45, 7) is 23.1. The Kier molecular flexibility index (Phi) is 7.17. The van der Waals surface area contributed by atoms with E-state index in [4.69, 9.17) is 18.0 Å². The van der Waals surface area contributed by atoms with E-state index in [1.54, 1.807) is 7.11 Å². The molecular formula is C28H50O4Si3. The van der Waals surface area contributed by atoms with Crippen LogP contribution < -0.4 is 13.6 Å². The van der Waals surface area contributed by atoms with E-state index in [0.717, 1.165) is 35.5 Å². The molecule has 4 rings (SSSR count). The fourth-order valence-electron chi connectivity index (χ4n) is 7.19. The number of fused-ring (bicyclic) bond motifs is 5. The summed E-state index contributed by atoms with van der Waals surface area (Å²) >= 11 is 0. The third kappa shape index (κ3) is 5.58. The molecule has 0 radical (unpaired) electrons. The Bertz CT molecular complexity index is 943. The second-order valence-corrected chi connectivity index (χ2v) is 27.8. The Morgan fingerprint density at radius 1 is 0.800 bits per heavy atom. The van der Waals surface area contributed by atoms with Crippen molar-refractivity contribution in [2.45, 2.75) is 116 Å². The molecule has 0 saturated heterocycles. The predicted octanol–water partition coefficient (Wildman–Crippen LogP) is 8.20. The third-order valence-corrected chi connectivity index (χ3v) is 11.0. The van der Waals surface area contributed by atoms with Gasteiger partial charge in [-0.3, -0.25) is 0 Å². The summed E-state index contributed by atoms with van der Waals surface area (Å²) in [5, 5.41) is 0. The van der Waals surface area contributed by atoms with Crippen LogP contribution in [0.1, 0.15) is 56.1 Å². The van der Waals surface area contributed by atoms with Crippen molar-refractivity contribution in [1.82, 2.24) is 0 Å². The highest BCUT2D eigenvalue weighted by Gasteiger charge is 2.56. The molecule has 0 aromatic heterocycles. The van der Waals surface area contributed by atoms with Gasteiger partial charge in [0.1, 0.15) is 0 Å². The van der Waals surface area contributed by atoms with E-state index in [1.165, 1.54) is 43.2 Å². The van der Waals surface area contributed by atoms with Crippen molar-refractivity contribution >= 4 is 25.0 Å². The number of rotatable bonds is 7. The van der Waals surface area contributed by atoms with E-state index in [1.807, 2.05) is 0 Å². The highest BCUT2D eigenvalue weighted by molar-refractivity contribution is 6.71. The van der Waals surface area contributed by atoms with E-state index in [2.05, 4.69) is 71.9 Å². The minimum absolute atomic E-state index is 0.321. The molecule has 35 heavy (non-hydrogen) atoms. The maximum atomic E-state index is 6.82. The van der Waals surface area contributed by atoms with E-state index < -0.39 is 25.0 Å². The van der Waals surface area contributed by atoms with Gasteiger partial charge in [0, 0.05) is 5.56 Å². The number of ether oxygens (including phenoxy) is 1. The lowest BCUT2D eigenvalue weighted by molar-refractivity contribution is -0.0142. The zero-order valence-corrected chi connectivity index (χ0v) is 27.3. The van der Waals surface area contributed by atoms with E-state index in [0.29, 0.717) is 17.4 Å². The van der Waals surface area contributed by atoms with Gasteiger partial charge in [-0.05, 0) is 132 Å². The fraction of sp³-hybridized carbons (Fsp3) is 0.786. The van der Waals surface area contributed by atoms with Gasteiger partial charge in [-0.25, -0.2) is 0 Å². The van der Waals surface area contributed by atoms with Gasteiger partial charge in [-0.2, -0.15) is 0 Å². The predicted molar refractivity (Wildman–Crippen MR) is 154 cm³/mol. The van der Waals surface area contributed by atoms with E-state index in [-0.39, 0.29) is 0 Å². The first-order valence-corrected chi connectivity index (χ1v) is 24.0. The second-order valence-electron chi connectivity index (χ2n) is 14.5. The lowest BCUT2D eigenvalue weighted by Crippen LogP contribution is -2.47. The molecule has 0 heterocycles. The molecule has 1 aromatic rings. The largest absolute Gasteiger partial charge is 0.542 e. The number of benzene rings is 1. The Balaban J connectivity index is 1.74. The molecule has 7 heteroatoms. The molecule has 0 amide bonds. The summed E-state index contributed by atoms with van der Waals surface area (Å²) in [5.74, 6) is 4.78. The molecular weight excluding hydrogens is 485 g/mol. The summed E-state index contributed by atoms with van der Waals surface area (Å²) < 4.78 is 26.2. The molecule has 0 bridgehead atoms. The van der Waals surface area contributed by atoms with Crippen molar-refractivity contribution in [3.63, 3.8) is 0 Å². The van der Waals surface area contributed by atoms with Gasteiger partial charge in [0.05, 0.1) is 13.2 Å². The quantitative estimate of drug-likeness (QED) is 0.330. The Hall–Kier alpha value is -0.769. The SMILES string of the molecule is COc1cc2c(c(O[Si](C)(C)C)c1O[Si](C)(C)C)CC[C@@H]1[C@@H]2CC[C@]2(C)[C@@H](O[Si](C)(C)C)CC[C@@H]12. The normalized spacial score (nSPS) is 30.8. The smallest absolute Gasteiger partial charge is 0.242 e. The van der Waals surface area contributed by atoms with Crippen molar-refractivity contribution in [2.24, 2.45) is 17.3 Å². The van der Waals surface area contributed by atoms with Crippen LogP contribution in [0.4, 0.5) is 0 Å². The molecule has 2 saturated carbocycles. The van der Waals surface area contributed by atoms with Crippen LogP contribution in [0.2, 0.25) is 58.9 Å². The van der Waals surface area contributed by atoms with Crippen molar-refractivity contribution in [3.8, 4) is 17.2 Å². The van der Waals surface area contributed by atoms with Crippen molar-refractivity contribution in [1.29, 1.82) is 0 Å². The first-order valence-electron chi connectivity index (χ1n) is 13.8. The summed E-state index contributed by atoms with van der Waals surface area (Å²) in [7, 11) is -3.46. The molecule has 1 aromatic carbocycles. The highest BCUT2D eigenvalue weighted by atomic mass is 28.4. The van der Waals surface area contributed by atoms with Gasteiger partial charge in [0.25, 0.3) is 0 Å². The highest BCUT2D eigenvalue weighted by Crippen LogP contribution is 2.63. The number of methoxy groups -OCH3 is 1. The van der Waals surface area contributed by atoms with Gasteiger partial charge in [-0.1, -0.05) is 6.92 Å². The molecule has 4 nitrogen and oxygen atoms in total. The van der Waals surface area contributed by atoms with Crippen LogP contribution in [-0.4, -0.2) is 38.2 Å². The lowest BCUT2D eigenvalue weighted by Gasteiger charge is -2.51. The topological polar surface area (TPSA) is 36.9 Å². The third-order valence-electron chi connectivity index (χ3n) is 8.35. The molecule has 0 unspecified atom stereocenters. The average Bonchev–Trinajstić information content (AvgIpc) is 3.02. The minimum atomic E-state index is -1.84. The molecule has 3 aliphatic carbocycles. The van der Waals surface area contributed by atoms with Crippen LogP contribution in [0.15, 0.2) is 6.07 Å². The molecule has 5 atom stereocenters. The van der Waals surface area contributed by atoms with Crippen LogP contribution in [0.25, 0.3) is 0 Å². The van der Waals surface area contributed by atoms with Crippen LogP contribution in [0, 0.1) is 17.3 Å². The van der Waals surface area contributed by atoms with Crippen LogP contribution in [-0.2, 0) is 10.8 Å². The van der Waals surface area contributed by atoms with Crippen LogP contribution in [0.5, 0.6) is 17.2 Å². The minimum Gasteiger partial charge on any atom is -0.542 e. The van der Waals surface area contributed by atoms with Crippen LogP contribution in [0.3, 0.4) is 0 Å². The summed E-state index contributed by atoms with van der Waals surface area (Å²) in [6, 6.07) is 2.33. The Labute approximate surface area is 217 Å². The Morgan fingerprint density at radius 3 is 2.00 bits per heavy atom. The zero-order chi connectivity index (χ0) is 26.0. The van der Waals surface area contributed by atoms with Gasteiger partial charge < -0.3 is 18.0 Å². The van der Waals surface area contributed by atoms with E-state index in [9.17, 15) is 0 Å². The molecule has 0 aliphatic heterocycles. The second kappa shape index (κ2) is 9.21. The van der Waals surface area contributed by atoms with Gasteiger partial charge in [0.2, 0.25) is 16.6 Å². The Morgan fingerprint density at radius 2 is 1.43 bits per heavy atom. The molecule has 3 aliphatic rings. The average molecular weight is 535 g/mol. The standard InChI is InChI=1S/C28H50O4Si3/c1-28-17-16-19-20(23(28)14-15-25(28)30-33(3,4)5)12-13-21-22(19)18-24(29-2)27(32-35(9,10)11)26(21)31-34(6,7)8/h18-20,23,25H,12-17H2,1-11H3/t19-,20+,23-,25-,28-/m0/s1. The van der Waals surface area contributed by atoms with Gasteiger partial charge >= 0.3 is 0 Å². The first-order chi connectivity index (χ1) is 16.0. The maximum Gasteiger partial charge on any atom is 0.242 e. The number of hydrogen-bond donors (Lipinski definition) is 0. The summed E-state index contributed by atoms with van der Waals surface area (Å²) in [5.41, 5.74) is 3.20. The fourth-order valence-corrected chi connectivity index (χ4v) is 10.1. The molecule has 2 fully saturated rings. The number of hydrogen-bond acceptors (Lipinski definition) is 4. The summed E-state index contributed by atoms with van der Waals surface area (Å²) in [4.78, 5) is 0. The van der Waals surface area contributed by atoms with E-state index >= 15 is 0 Å². The maximum absolute atomic E-state index is 6.82. The van der Waals surface area contributed by atoms with Gasteiger partial charge in [0.15, 0.2) is 25.6 Å².